The molecule has 7 nitrogen and oxygen atoms in total. The summed E-state index contributed by atoms with van der Waals surface area (Å²) in [6.45, 7) is 2.59. The Hall–Kier alpha value is -2.87. The average molecular weight is 461 g/mol. The predicted molar refractivity (Wildman–Crippen MR) is 123 cm³/mol. The van der Waals surface area contributed by atoms with Crippen LogP contribution in [0.3, 0.4) is 0 Å². The standard InChI is InChI=1S/C24H28O7S/c1-4-5-6-7-8-9-12-30-17-14-19-22(25)18-13-16(24(26)29-2)10-11-20(18)31-23(19)21(15-17)32(3,27)28/h10-11,13-15H,4-9,12H2,1-3H3. The van der Waals surface area contributed by atoms with Crippen LogP contribution >= 0.6 is 0 Å². The molecule has 0 aliphatic heterocycles. The van der Waals surface area contributed by atoms with E-state index in [1.54, 1.807) is 0 Å². The van der Waals surface area contributed by atoms with Gasteiger partial charge in [0.25, 0.3) is 0 Å². The molecule has 0 amide bonds. The quantitative estimate of drug-likeness (QED) is 0.242. The number of carbonyl (C=O) groups excluding carboxylic acids is 1. The largest absolute Gasteiger partial charge is 0.494 e. The van der Waals surface area contributed by atoms with E-state index in [4.69, 9.17) is 13.9 Å². The third-order valence-corrected chi connectivity index (χ3v) is 6.40. The third kappa shape index (κ3) is 5.30. The highest BCUT2D eigenvalue weighted by atomic mass is 32.2. The van der Waals surface area contributed by atoms with Gasteiger partial charge in [0.2, 0.25) is 5.43 Å². The Kier molecular flexibility index (Phi) is 7.56. The zero-order valence-corrected chi connectivity index (χ0v) is 19.4. The van der Waals surface area contributed by atoms with Gasteiger partial charge in [-0.1, -0.05) is 39.0 Å². The van der Waals surface area contributed by atoms with Crippen LogP contribution in [-0.4, -0.2) is 34.4 Å². The lowest BCUT2D eigenvalue weighted by Gasteiger charge is -2.11. The Bertz CT molecular complexity index is 1290. The van der Waals surface area contributed by atoms with Crippen LogP contribution in [0.4, 0.5) is 0 Å². The molecule has 0 saturated heterocycles. The van der Waals surface area contributed by atoms with Crippen molar-refractivity contribution in [3.8, 4) is 5.75 Å². The molecule has 3 rings (SSSR count). The van der Waals surface area contributed by atoms with Gasteiger partial charge in [-0.15, -0.1) is 0 Å². The summed E-state index contributed by atoms with van der Waals surface area (Å²) in [6, 6.07) is 7.19. The SMILES string of the molecule is CCCCCCCCOc1cc(S(C)(=O)=O)c2oc3ccc(C(=O)OC)cc3c(=O)c2c1. The maximum Gasteiger partial charge on any atom is 0.337 e. The van der Waals surface area contributed by atoms with Gasteiger partial charge in [-0.3, -0.25) is 4.79 Å². The van der Waals surface area contributed by atoms with Crippen molar-refractivity contribution in [2.75, 3.05) is 20.0 Å². The van der Waals surface area contributed by atoms with Gasteiger partial charge in [0.1, 0.15) is 16.2 Å². The van der Waals surface area contributed by atoms with Crippen LogP contribution in [-0.2, 0) is 14.6 Å². The van der Waals surface area contributed by atoms with E-state index in [1.807, 2.05) is 0 Å². The van der Waals surface area contributed by atoms with E-state index in [1.165, 1.54) is 56.7 Å². The van der Waals surface area contributed by atoms with E-state index in [9.17, 15) is 18.0 Å². The molecule has 0 spiro atoms. The minimum Gasteiger partial charge on any atom is -0.494 e. The highest BCUT2D eigenvalue weighted by molar-refractivity contribution is 7.91. The highest BCUT2D eigenvalue weighted by Gasteiger charge is 2.20. The van der Waals surface area contributed by atoms with E-state index in [-0.39, 0.29) is 32.4 Å². The number of carbonyl (C=O) groups is 1. The topological polar surface area (TPSA) is 99.9 Å². The molecule has 0 unspecified atom stereocenters. The fourth-order valence-electron chi connectivity index (χ4n) is 3.58. The van der Waals surface area contributed by atoms with Crippen LogP contribution in [0, 0.1) is 0 Å². The first-order valence-electron chi connectivity index (χ1n) is 10.7. The average Bonchev–Trinajstić information content (AvgIpc) is 2.77. The van der Waals surface area contributed by atoms with Gasteiger partial charge in [0.15, 0.2) is 15.4 Å². The summed E-state index contributed by atoms with van der Waals surface area (Å²) in [5.74, 6) is -0.290. The first kappa shape index (κ1) is 23.8. The number of sulfone groups is 1. The lowest BCUT2D eigenvalue weighted by molar-refractivity contribution is 0.0601. The monoisotopic (exact) mass is 460 g/mol. The lowest BCUT2D eigenvalue weighted by atomic mass is 10.1. The Morgan fingerprint density at radius 2 is 1.72 bits per heavy atom. The molecule has 2 aromatic carbocycles. The summed E-state index contributed by atoms with van der Waals surface area (Å²) in [4.78, 5) is 24.9. The summed E-state index contributed by atoms with van der Waals surface area (Å²) >= 11 is 0. The van der Waals surface area contributed by atoms with Crippen molar-refractivity contribution in [2.24, 2.45) is 0 Å². The van der Waals surface area contributed by atoms with Crippen LogP contribution in [0.15, 0.2) is 44.4 Å². The van der Waals surface area contributed by atoms with Crippen LogP contribution in [0.25, 0.3) is 21.9 Å². The molecule has 1 aromatic heterocycles. The molecular formula is C24H28O7S. The lowest BCUT2D eigenvalue weighted by Crippen LogP contribution is -2.09. The molecule has 0 saturated carbocycles. The summed E-state index contributed by atoms with van der Waals surface area (Å²) < 4.78 is 41.1. The fourth-order valence-corrected chi connectivity index (χ4v) is 4.40. The minimum absolute atomic E-state index is 0.0252. The van der Waals surface area contributed by atoms with Gasteiger partial charge in [0.05, 0.1) is 30.1 Å². The number of hydrogen-bond donors (Lipinski definition) is 0. The maximum atomic E-state index is 13.2. The number of ether oxygens (including phenoxy) is 2. The molecule has 8 heteroatoms. The van der Waals surface area contributed by atoms with Crippen molar-refractivity contribution < 1.29 is 27.1 Å². The highest BCUT2D eigenvalue weighted by Crippen LogP contribution is 2.30. The van der Waals surface area contributed by atoms with Crippen molar-refractivity contribution in [1.82, 2.24) is 0 Å². The third-order valence-electron chi connectivity index (χ3n) is 5.30. The first-order valence-corrected chi connectivity index (χ1v) is 12.6. The zero-order valence-electron chi connectivity index (χ0n) is 18.6. The smallest absolute Gasteiger partial charge is 0.337 e. The summed E-state index contributed by atoms with van der Waals surface area (Å²) in [5.41, 5.74) is -0.0871. The number of rotatable bonds is 10. The van der Waals surface area contributed by atoms with Crippen molar-refractivity contribution >= 4 is 37.7 Å². The Labute approximate surface area is 187 Å². The summed E-state index contributed by atoms with van der Waals surface area (Å²) in [7, 11) is -2.44. The van der Waals surface area contributed by atoms with Crippen LogP contribution in [0.2, 0.25) is 0 Å². The second kappa shape index (κ2) is 10.2. The molecule has 32 heavy (non-hydrogen) atoms. The Morgan fingerprint density at radius 3 is 2.41 bits per heavy atom. The normalized spacial score (nSPS) is 11.7. The van der Waals surface area contributed by atoms with Crippen molar-refractivity contribution in [1.29, 1.82) is 0 Å². The minimum atomic E-state index is -3.70. The zero-order chi connectivity index (χ0) is 23.3. The molecule has 0 aliphatic carbocycles. The van der Waals surface area contributed by atoms with E-state index >= 15 is 0 Å². The van der Waals surface area contributed by atoms with Crippen molar-refractivity contribution in [3.63, 3.8) is 0 Å². The van der Waals surface area contributed by atoms with Crippen molar-refractivity contribution in [3.05, 3.63) is 46.1 Å². The van der Waals surface area contributed by atoms with E-state index in [0.29, 0.717) is 12.4 Å². The second-order valence-corrected chi connectivity index (χ2v) is 9.80. The fraction of sp³-hybridized carbons (Fsp3) is 0.417. The number of benzene rings is 2. The van der Waals surface area contributed by atoms with Gasteiger partial charge >= 0.3 is 5.97 Å². The molecule has 0 aliphatic rings. The number of methoxy groups -OCH3 is 1. The Morgan fingerprint density at radius 1 is 1.00 bits per heavy atom. The van der Waals surface area contributed by atoms with Gasteiger partial charge in [0, 0.05) is 12.3 Å². The molecule has 1 heterocycles. The van der Waals surface area contributed by atoms with Gasteiger partial charge in [-0.05, 0) is 30.7 Å². The molecule has 0 fully saturated rings. The summed E-state index contributed by atoms with van der Waals surface area (Å²) in [5, 5.41) is 0.244. The molecule has 3 aromatic rings. The van der Waals surface area contributed by atoms with Gasteiger partial charge in [-0.2, -0.15) is 0 Å². The first-order chi connectivity index (χ1) is 15.3. The van der Waals surface area contributed by atoms with Gasteiger partial charge < -0.3 is 13.9 Å². The van der Waals surface area contributed by atoms with Gasteiger partial charge in [-0.25, -0.2) is 13.2 Å². The number of unbranched alkanes of at least 4 members (excludes halogenated alkanes) is 5. The number of esters is 1. The second-order valence-electron chi connectivity index (χ2n) is 7.82. The maximum absolute atomic E-state index is 13.2. The van der Waals surface area contributed by atoms with Crippen LogP contribution < -0.4 is 10.2 Å². The number of hydrogen-bond acceptors (Lipinski definition) is 7. The molecular weight excluding hydrogens is 432 g/mol. The van der Waals surface area contributed by atoms with Crippen molar-refractivity contribution in [2.45, 2.75) is 50.3 Å². The van der Waals surface area contributed by atoms with E-state index < -0.39 is 21.2 Å². The number of fused-ring (bicyclic) bond motifs is 2. The van der Waals surface area contributed by atoms with E-state index in [2.05, 4.69) is 6.92 Å². The molecule has 0 bridgehead atoms. The Balaban J connectivity index is 2.01. The molecule has 172 valence electrons. The summed E-state index contributed by atoms with van der Waals surface area (Å²) in [6.07, 6.45) is 7.63. The molecule has 0 radical (unpaired) electrons. The molecule has 0 atom stereocenters. The van der Waals surface area contributed by atoms with Crippen LogP contribution in [0.5, 0.6) is 5.75 Å². The van der Waals surface area contributed by atoms with E-state index in [0.717, 1.165) is 25.5 Å². The van der Waals surface area contributed by atoms with Crippen LogP contribution in [0.1, 0.15) is 55.8 Å². The predicted octanol–water partition coefficient (Wildman–Crippen LogP) is 4.88. The molecule has 0 N–H and O–H groups in total.